The van der Waals surface area contributed by atoms with Gasteiger partial charge in [-0.1, -0.05) is 36.7 Å². The molecule has 0 saturated heterocycles. The van der Waals surface area contributed by atoms with Gasteiger partial charge in [0, 0.05) is 29.1 Å². The first-order chi connectivity index (χ1) is 14.2. The Labute approximate surface area is 178 Å². The number of carbonyl (C=O) groups is 1. The molecule has 0 radical (unpaired) electrons. The van der Waals surface area contributed by atoms with E-state index in [1.54, 1.807) is 25.1 Å². The van der Waals surface area contributed by atoms with Crippen LogP contribution in [0, 0.1) is 6.92 Å². The number of carboxylic acids is 1. The fourth-order valence-corrected chi connectivity index (χ4v) is 3.60. The second-order valence-electron chi connectivity index (χ2n) is 7.37. The highest BCUT2D eigenvalue weighted by atomic mass is 35.5. The third-order valence-electron chi connectivity index (χ3n) is 4.89. The highest BCUT2D eigenvalue weighted by molar-refractivity contribution is 6.30. The Kier molecular flexibility index (Phi) is 6.31. The van der Waals surface area contributed by atoms with Gasteiger partial charge in [0.05, 0.1) is 19.0 Å². The molecule has 1 atom stereocenters. The van der Waals surface area contributed by atoms with Crippen LogP contribution >= 0.6 is 11.6 Å². The van der Waals surface area contributed by atoms with Crippen LogP contribution in [0.25, 0.3) is 11.1 Å². The van der Waals surface area contributed by atoms with Crippen molar-refractivity contribution in [2.24, 2.45) is 0 Å². The lowest BCUT2D eigenvalue weighted by molar-refractivity contribution is -0.141. The molecule has 1 unspecified atom stereocenters. The molecular formula is C22H23ClN2O5. The molecule has 7 nitrogen and oxygen atoms in total. The van der Waals surface area contributed by atoms with Crippen molar-refractivity contribution in [3.8, 4) is 16.9 Å². The molecule has 0 spiro atoms. The number of aliphatic carboxylic acids is 1. The van der Waals surface area contributed by atoms with Gasteiger partial charge in [0.2, 0.25) is 0 Å². The van der Waals surface area contributed by atoms with Gasteiger partial charge in [0.25, 0.3) is 5.56 Å². The average molecular weight is 431 g/mol. The number of hydrogen-bond acceptors (Lipinski definition) is 5. The first-order valence-electron chi connectivity index (χ1n) is 9.46. The van der Waals surface area contributed by atoms with Gasteiger partial charge in [0.1, 0.15) is 17.6 Å². The number of nitrogens with zero attached hydrogens (tertiary/aromatic N) is 2. The fraction of sp³-hybridized carbons (Fsp3) is 0.318. The second kappa shape index (κ2) is 8.75. The quantitative estimate of drug-likeness (QED) is 0.594. The molecule has 2 heterocycles. The normalized spacial score (nSPS) is 12.2. The lowest BCUT2D eigenvalue weighted by Crippen LogP contribution is -2.31. The number of aryl methyl sites for hydroxylation is 1. The standard InChI is InChI=1S/C22H23ClN2O5/c1-12(2)16-6-5-14(23)8-17(16)18-10-21(26)25(11-20(18)29-4)19(22(27)28)9-15-7-13(3)30-24-15/h5-8,10-12,19H,9H2,1-4H3,(H,27,28). The predicted octanol–water partition coefficient (Wildman–Crippen LogP) is 4.47. The van der Waals surface area contributed by atoms with Gasteiger partial charge in [-0.2, -0.15) is 0 Å². The number of rotatable bonds is 7. The van der Waals surface area contributed by atoms with Crippen LogP contribution < -0.4 is 10.3 Å². The van der Waals surface area contributed by atoms with E-state index in [0.717, 1.165) is 15.7 Å². The summed E-state index contributed by atoms with van der Waals surface area (Å²) in [5.74, 6) is -0.0253. The van der Waals surface area contributed by atoms with Gasteiger partial charge >= 0.3 is 5.97 Å². The minimum Gasteiger partial charge on any atom is -0.495 e. The van der Waals surface area contributed by atoms with Crippen LogP contribution in [0.1, 0.15) is 42.8 Å². The number of methoxy groups -OCH3 is 1. The van der Waals surface area contributed by atoms with Gasteiger partial charge in [-0.3, -0.25) is 9.36 Å². The molecule has 3 rings (SSSR count). The summed E-state index contributed by atoms with van der Waals surface area (Å²) < 4.78 is 11.7. The van der Waals surface area contributed by atoms with Crippen LogP contribution in [0.3, 0.4) is 0 Å². The van der Waals surface area contributed by atoms with Gasteiger partial charge in [0.15, 0.2) is 0 Å². The molecule has 30 heavy (non-hydrogen) atoms. The number of carboxylic acid groups (broad SMARTS) is 1. The molecule has 0 aliphatic heterocycles. The highest BCUT2D eigenvalue weighted by Crippen LogP contribution is 2.36. The van der Waals surface area contributed by atoms with Crippen molar-refractivity contribution in [1.29, 1.82) is 0 Å². The van der Waals surface area contributed by atoms with Crippen molar-refractivity contribution in [3.05, 3.63) is 68.9 Å². The van der Waals surface area contributed by atoms with Crippen LogP contribution in [0.5, 0.6) is 5.75 Å². The Bertz CT molecular complexity index is 1130. The van der Waals surface area contributed by atoms with Crippen LogP contribution in [-0.4, -0.2) is 27.9 Å². The van der Waals surface area contributed by atoms with Gasteiger partial charge in [-0.05, 0) is 36.1 Å². The molecule has 3 aromatic rings. The highest BCUT2D eigenvalue weighted by Gasteiger charge is 2.25. The SMILES string of the molecule is COc1cn(C(Cc2cc(C)on2)C(=O)O)c(=O)cc1-c1cc(Cl)ccc1C(C)C. The van der Waals surface area contributed by atoms with Crippen molar-refractivity contribution in [2.75, 3.05) is 7.11 Å². The Hall–Kier alpha value is -3.06. The van der Waals surface area contributed by atoms with Crippen LogP contribution in [0.2, 0.25) is 5.02 Å². The average Bonchev–Trinajstić information content (AvgIpc) is 3.10. The number of halogens is 1. The minimum absolute atomic E-state index is 0.00346. The predicted molar refractivity (Wildman–Crippen MR) is 113 cm³/mol. The Morgan fingerprint density at radius 1 is 1.27 bits per heavy atom. The van der Waals surface area contributed by atoms with Crippen LogP contribution in [0.4, 0.5) is 0 Å². The molecule has 0 bridgehead atoms. The molecule has 0 aliphatic carbocycles. The van der Waals surface area contributed by atoms with Crippen molar-refractivity contribution in [2.45, 2.75) is 39.2 Å². The number of ether oxygens (including phenoxy) is 1. The minimum atomic E-state index is -1.16. The molecule has 0 saturated carbocycles. The van der Waals surface area contributed by atoms with Gasteiger partial charge < -0.3 is 14.4 Å². The second-order valence-corrected chi connectivity index (χ2v) is 7.81. The maximum absolute atomic E-state index is 13.0. The molecule has 1 aromatic carbocycles. The maximum Gasteiger partial charge on any atom is 0.327 e. The molecule has 0 aliphatic rings. The summed E-state index contributed by atoms with van der Waals surface area (Å²) in [6, 6.07) is 7.38. The zero-order valence-electron chi connectivity index (χ0n) is 17.2. The number of hydrogen-bond donors (Lipinski definition) is 1. The summed E-state index contributed by atoms with van der Waals surface area (Å²) in [6.07, 6.45) is 1.43. The Morgan fingerprint density at radius 3 is 2.57 bits per heavy atom. The van der Waals surface area contributed by atoms with Gasteiger partial charge in [-0.25, -0.2) is 4.79 Å². The van der Waals surface area contributed by atoms with Crippen LogP contribution in [-0.2, 0) is 11.2 Å². The number of aromatic nitrogens is 2. The van der Waals surface area contributed by atoms with E-state index in [1.807, 2.05) is 19.9 Å². The van der Waals surface area contributed by atoms with Crippen molar-refractivity contribution < 1.29 is 19.2 Å². The summed E-state index contributed by atoms with van der Waals surface area (Å²) in [5.41, 5.74) is 2.33. The summed E-state index contributed by atoms with van der Waals surface area (Å²) in [4.78, 5) is 24.9. The van der Waals surface area contributed by atoms with E-state index < -0.39 is 17.6 Å². The summed E-state index contributed by atoms with van der Waals surface area (Å²) in [6.45, 7) is 5.80. The van der Waals surface area contributed by atoms with Crippen molar-refractivity contribution in [1.82, 2.24) is 9.72 Å². The molecule has 2 aromatic heterocycles. The van der Waals surface area contributed by atoms with E-state index in [4.69, 9.17) is 20.9 Å². The van der Waals surface area contributed by atoms with E-state index in [9.17, 15) is 14.7 Å². The maximum atomic E-state index is 13.0. The summed E-state index contributed by atoms with van der Waals surface area (Å²) in [7, 11) is 1.48. The zero-order chi connectivity index (χ0) is 22.0. The fourth-order valence-electron chi connectivity index (χ4n) is 3.43. The number of pyridine rings is 1. The summed E-state index contributed by atoms with van der Waals surface area (Å²) >= 11 is 6.20. The Morgan fingerprint density at radius 2 is 2.00 bits per heavy atom. The molecule has 8 heteroatoms. The van der Waals surface area contributed by atoms with Crippen LogP contribution in [0.15, 0.2) is 45.8 Å². The third kappa shape index (κ3) is 4.41. The molecular weight excluding hydrogens is 408 g/mol. The van der Waals surface area contributed by atoms with Crippen molar-refractivity contribution >= 4 is 17.6 Å². The first kappa shape index (κ1) is 21.6. The lowest BCUT2D eigenvalue weighted by Gasteiger charge is -2.19. The summed E-state index contributed by atoms with van der Waals surface area (Å²) in [5, 5.41) is 14.1. The third-order valence-corrected chi connectivity index (χ3v) is 5.13. The largest absolute Gasteiger partial charge is 0.495 e. The van der Waals surface area contributed by atoms with E-state index in [0.29, 0.717) is 27.8 Å². The van der Waals surface area contributed by atoms with Gasteiger partial charge in [-0.15, -0.1) is 0 Å². The molecule has 0 amide bonds. The topological polar surface area (TPSA) is 94.6 Å². The molecule has 158 valence electrons. The smallest absolute Gasteiger partial charge is 0.327 e. The number of benzene rings is 1. The van der Waals surface area contributed by atoms with E-state index in [1.165, 1.54) is 19.4 Å². The van der Waals surface area contributed by atoms with E-state index in [-0.39, 0.29) is 12.3 Å². The lowest BCUT2D eigenvalue weighted by atomic mass is 9.92. The monoisotopic (exact) mass is 430 g/mol. The first-order valence-corrected chi connectivity index (χ1v) is 9.84. The van der Waals surface area contributed by atoms with E-state index in [2.05, 4.69) is 5.16 Å². The molecule has 0 fully saturated rings. The zero-order valence-corrected chi connectivity index (χ0v) is 17.9. The molecule has 1 N–H and O–H groups in total. The Balaban J connectivity index is 2.13. The van der Waals surface area contributed by atoms with E-state index >= 15 is 0 Å². The van der Waals surface area contributed by atoms with Crippen molar-refractivity contribution in [3.63, 3.8) is 0 Å².